The van der Waals surface area contributed by atoms with Crippen molar-refractivity contribution < 1.29 is 14.3 Å². The van der Waals surface area contributed by atoms with E-state index in [1.165, 1.54) is 5.56 Å². The fourth-order valence-electron chi connectivity index (χ4n) is 2.77. The molecule has 0 aliphatic carbocycles. The van der Waals surface area contributed by atoms with Gasteiger partial charge in [-0.1, -0.05) is 44.2 Å². The van der Waals surface area contributed by atoms with Gasteiger partial charge in [-0.15, -0.1) is 0 Å². The number of benzene rings is 2. The Labute approximate surface area is 148 Å². The number of rotatable bonds is 6. The van der Waals surface area contributed by atoms with Crippen molar-refractivity contribution in [1.29, 1.82) is 0 Å². The largest absolute Gasteiger partial charge is 0.454 e. The summed E-state index contributed by atoms with van der Waals surface area (Å²) in [5.74, 6) is 1.84. The molecule has 3 N–H and O–H groups in total. The second-order valence-electron chi connectivity index (χ2n) is 6.60. The number of ether oxygens (including phenoxy) is 2. The van der Waals surface area contributed by atoms with Crippen LogP contribution >= 0.6 is 0 Å². The summed E-state index contributed by atoms with van der Waals surface area (Å²) in [5.41, 5.74) is 9.37. The first-order valence-corrected chi connectivity index (χ1v) is 8.53. The van der Waals surface area contributed by atoms with E-state index in [9.17, 15) is 4.79 Å². The molecule has 5 nitrogen and oxygen atoms in total. The zero-order chi connectivity index (χ0) is 17.8. The molecule has 1 atom stereocenters. The van der Waals surface area contributed by atoms with Gasteiger partial charge in [0, 0.05) is 12.6 Å². The summed E-state index contributed by atoms with van der Waals surface area (Å²) in [6.07, 6.45) is 0.287. The Morgan fingerprint density at radius 2 is 1.76 bits per heavy atom. The standard InChI is InChI=1S/C20H24N2O3/c1-13(2)15-4-6-16(7-5-15)17(21)11-22-20(23)10-14-3-8-18-19(9-14)25-12-24-18/h3-9,13,17H,10-12,21H2,1-2H3,(H,22,23). The van der Waals surface area contributed by atoms with Gasteiger partial charge in [-0.2, -0.15) is 0 Å². The molecule has 0 aromatic heterocycles. The lowest BCUT2D eigenvalue weighted by molar-refractivity contribution is -0.120. The first-order chi connectivity index (χ1) is 12.0. The SMILES string of the molecule is CC(C)c1ccc(C(N)CNC(=O)Cc2ccc3c(c2)OCO3)cc1. The molecule has 1 aliphatic rings. The lowest BCUT2D eigenvalue weighted by atomic mass is 9.99. The molecular formula is C20H24N2O3. The molecule has 0 radical (unpaired) electrons. The molecule has 0 fully saturated rings. The molecule has 3 rings (SSSR count). The Bertz CT molecular complexity index is 741. The topological polar surface area (TPSA) is 73.6 Å². The Kier molecular flexibility index (Phi) is 5.24. The van der Waals surface area contributed by atoms with Crippen LogP contribution in [0.25, 0.3) is 0 Å². The Morgan fingerprint density at radius 3 is 2.48 bits per heavy atom. The first kappa shape index (κ1) is 17.3. The summed E-state index contributed by atoms with van der Waals surface area (Å²) in [6.45, 7) is 4.95. The third kappa shape index (κ3) is 4.31. The quantitative estimate of drug-likeness (QED) is 0.848. The second kappa shape index (κ2) is 7.57. The number of nitrogens with two attached hydrogens (primary N) is 1. The molecule has 0 saturated carbocycles. The van der Waals surface area contributed by atoms with Crippen molar-refractivity contribution >= 4 is 5.91 Å². The van der Waals surface area contributed by atoms with Crippen molar-refractivity contribution in [2.24, 2.45) is 5.73 Å². The highest BCUT2D eigenvalue weighted by Gasteiger charge is 2.15. The highest BCUT2D eigenvalue weighted by molar-refractivity contribution is 5.78. The predicted octanol–water partition coefficient (Wildman–Crippen LogP) is 2.90. The van der Waals surface area contributed by atoms with Gasteiger partial charge in [0.1, 0.15) is 0 Å². The average molecular weight is 340 g/mol. The molecule has 1 aliphatic heterocycles. The van der Waals surface area contributed by atoms with Crippen LogP contribution in [0.2, 0.25) is 0 Å². The smallest absolute Gasteiger partial charge is 0.231 e. The first-order valence-electron chi connectivity index (χ1n) is 8.53. The van der Waals surface area contributed by atoms with E-state index < -0.39 is 0 Å². The summed E-state index contributed by atoms with van der Waals surface area (Å²) < 4.78 is 10.6. The van der Waals surface area contributed by atoms with Crippen LogP contribution in [0.1, 0.15) is 42.5 Å². The van der Waals surface area contributed by atoms with E-state index in [0.717, 1.165) is 16.9 Å². The van der Waals surface area contributed by atoms with Gasteiger partial charge in [0.2, 0.25) is 12.7 Å². The molecule has 0 saturated heterocycles. The highest BCUT2D eigenvalue weighted by Crippen LogP contribution is 2.32. The number of nitrogens with one attached hydrogen (secondary N) is 1. The number of amides is 1. The molecule has 5 heteroatoms. The van der Waals surface area contributed by atoms with Gasteiger partial charge < -0.3 is 20.5 Å². The molecule has 25 heavy (non-hydrogen) atoms. The number of hydrogen-bond donors (Lipinski definition) is 2. The van der Waals surface area contributed by atoms with E-state index in [-0.39, 0.29) is 25.2 Å². The van der Waals surface area contributed by atoms with E-state index >= 15 is 0 Å². The van der Waals surface area contributed by atoms with E-state index in [1.807, 2.05) is 30.3 Å². The molecule has 2 aromatic carbocycles. The fraction of sp³-hybridized carbons (Fsp3) is 0.350. The van der Waals surface area contributed by atoms with E-state index in [2.05, 4.69) is 31.3 Å². The third-order valence-corrected chi connectivity index (χ3v) is 4.35. The molecule has 0 bridgehead atoms. The van der Waals surface area contributed by atoms with Crippen molar-refractivity contribution in [3.05, 3.63) is 59.2 Å². The van der Waals surface area contributed by atoms with Crippen molar-refractivity contribution in [2.75, 3.05) is 13.3 Å². The van der Waals surface area contributed by atoms with Crippen LogP contribution in [0, 0.1) is 0 Å². The summed E-state index contributed by atoms with van der Waals surface area (Å²) in [4.78, 5) is 12.2. The molecule has 1 amide bonds. The van der Waals surface area contributed by atoms with Crippen molar-refractivity contribution in [2.45, 2.75) is 32.2 Å². The van der Waals surface area contributed by atoms with Gasteiger partial charge in [-0.25, -0.2) is 0 Å². The normalized spacial score (nSPS) is 13.8. The minimum absolute atomic E-state index is 0.0619. The maximum absolute atomic E-state index is 12.2. The number of carbonyl (C=O) groups is 1. The maximum atomic E-state index is 12.2. The third-order valence-electron chi connectivity index (χ3n) is 4.35. The van der Waals surface area contributed by atoms with Gasteiger partial charge in [-0.3, -0.25) is 4.79 Å². The molecule has 1 heterocycles. The van der Waals surface area contributed by atoms with Crippen LogP contribution in [0.4, 0.5) is 0 Å². The predicted molar refractivity (Wildman–Crippen MR) is 96.7 cm³/mol. The highest BCUT2D eigenvalue weighted by atomic mass is 16.7. The van der Waals surface area contributed by atoms with Gasteiger partial charge in [0.15, 0.2) is 11.5 Å². The molecular weight excluding hydrogens is 316 g/mol. The van der Waals surface area contributed by atoms with Gasteiger partial charge in [0.25, 0.3) is 0 Å². The van der Waals surface area contributed by atoms with Crippen molar-refractivity contribution in [3.8, 4) is 11.5 Å². The zero-order valence-electron chi connectivity index (χ0n) is 14.6. The molecule has 0 spiro atoms. The minimum atomic E-state index is -0.220. The number of fused-ring (bicyclic) bond motifs is 1. The lowest BCUT2D eigenvalue weighted by Gasteiger charge is -2.14. The Hall–Kier alpha value is -2.53. The number of carbonyl (C=O) groups excluding carboxylic acids is 1. The molecule has 1 unspecified atom stereocenters. The monoisotopic (exact) mass is 340 g/mol. The Balaban J connectivity index is 1.51. The minimum Gasteiger partial charge on any atom is -0.454 e. The molecule has 132 valence electrons. The van der Waals surface area contributed by atoms with Crippen LogP contribution in [0.5, 0.6) is 11.5 Å². The van der Waals surface area contributed by atoms with Crippen LogP contribution in [0.15, 0.2) is 42.5 Å². The van der Waals surface area contributed by atoms with E-state index in [1.54, 1.807) is 0 Å². The molecule has 2 aromatic rings. The van der Waals surface area contributed by atoms with E-state index in [0.29, 0.717) is 18.2 Å². The lowest BCUT2D eigenvalue weighted by Crippen LogP contribution is -2.32. The van der Waals surface area contributed by atoms with Crippen LogP contribution in [-0.4, -0.2) is 19.2 Å². The number of hydrogen-bond acceptors (Lipinski definition) is 4. The van der Waals surface area contributed by atoms with Gasteiger partial charge >= 0.3 is 0 Å². The van der Waals surface area contributed by atoms with Crippen molar-refractivity contribution in [3.63, 3.8) is 0 Å². The van der Waals surface area contributed by atoms with Gasteiger partial charge in [-0.05, 0) is 34.7 Å². The van der Waals surface area contributed by atoms with E-state index in [4.69, 9.17) is 15.2 Å². The van der Waals surface area contributed by atoms with Crippen LogP contribution < -0.4 is 20.5 Å². The maximum Gasteiger partial charge on any atom is 0.231 e. The zero-order valence-corrected chi connectivity index (χ0v) is 14.6. The van der Waals surface area contributed by atoms with Crippen molar-refractivity contribution in [1.82, 2.24) is 5.32 Å². The summed E-state index contributed by atoms with van der Waals surface area (Å²) >= 11 is 0. The second-order valence-corrected chi connectivity index (χ2v) is 6.60. The summed E-state index contributed by atoms with van der Waals surface area (Å²) in [5, 5.41) is 2.90. The summed E-state index contributed by atoms with van der Waals surface area (Å²) in [7, 11) is 0. The Morgan fingerprint density at radius 1 is 1.08 bits per heavy atom. The summed E-state index contributed by atoms with van der Waals surface area (Å²) in [6, 6.07) is 13.6. The average Bonchev–Trinajstić information content (AvgIpc) is 3.07. The fourth-order valence-corrected chi connectivity index (χ4v) is 2.77. The van der Waals surface area contributed by atoms with Crippen LogP contribution in [0.3, 0.4) is 0 Å². The van der Waals surface area contributed by atoms with Gasteiger partial charge in [0.05, 0.1) is 6.42 Å². The van der Waals surface area contributed by atoms with Crippen LogP contribution in [-0.2, 0) is 11.2 Å².